The molecule has 0 amide bonds. The molecule has 1 rings (SSSR count). The second kappa shape index (κ2) is 5.66. The van der Waals surface area contributed by atoms with Gasteiger partial charge in [-0.25, -0.2) is 4.99 Å². The zero-order valence-electron chi connectivity index (χ0n) is 9.90. The fraction of sp³-hybridized carbons (Fsp3) is 0.636. The van der Waals surface area contributed by atoms with E-state index in [-0.39, 0.29) is 0 Å². The number of amidine groups is 1. The molecule has 0 spiro atoms. The monoisotopic (exact) mass is 208 g/mol. The number of likely N-dealkylation sites (N-methyl/N-ethyl adjacent to an activating group) is 1. The van der Waals surface area contributed by atoms with Gasteiger partial charge in [-0.05, 0) is 27.6 Å². The van der Waals surface area contributed by atoms with Crippen LogP contribution >= 0.6 is 0 Å². The maximum atomic E-state index is 4.37. The third-order valence-corrected chi connectivity index (χ3v) is 2.65. The average molecular weight is 208 g/mol. The summed E-state index contributed by atoms with van der Waals surface area (Å²) < 4.78 is 0. The van der Waals surface area contributed by atoms with E-state index >= 15 is 0 Å². The fourth-order valence-corrected chi connectivity index (χ4v) is 1.44. The van der Waals surface area contributed by atoms with Gasteiger partial charge in [-0.2, -0.15) is 0 Å². The maximum Gasteiger partial charge on any atom is 0.101 e. The molecule has 0 saturated carbocycles. The number of aliphatic imine (C=N–C) groups is 2. The number of allylic oxidation sites excluding steroid dienone is 1. The Labute approximate surface area is 92.0 Å². The van der Waals surface area contributed by atoms with E-state index in [0.717, 1.165) is 37.7 Å². The number of nitrogens with zero attached hydrogens (tertiary/aromatic N) is 4. The van der Waals surface area contributed by atoms with Crippen LogP contribution in [0.15, 0.2) is 21.9 Å². The van der Waals surface area contributed by atoms with Crippen molar-refractivity contribution in [2.75, 3.05) is 33.2 Å². The van der Waals surface area contributed by atoms with Gasteiger partial charge in [-0.15, -0.1) is 0 Å². The normalized spacial score (nSPS) is 20.6. The second-order valence-electron chi connectivity index (χ2n) is 3.90. The predicted octanol–water partition coefficient (Wildman–Crippen LogP) is 1.21. The molecule has 4 nitrogen and oxygen atoms in total. The van der Waals surface area contributed by atoms with Gasteiger partial charge in [0.05, 0.1) is 11.9 Å². The molecule has 1 fully saturated rings. The molecule has 84 valence electrons. The van der Waals surface area contributed by atoms with Crippen molar-refractivity contribution in [3.05, 3.63) is 11.9 Å². The van der Waals surface area contributed by atoms with Crippen LogP contribution in [0.5, 0.6) is 0 Å². The van der Waals surface area contributed by atoms with E-state index in [2.05, 4.69) is 33.5 Å². The zero-order valence-corrected chi connectivity index (χ0v) is 9.90. The van der Waals surface area contributed by atoms with E-state index in [0.29, 0.717) is 0 Å². The second-order valence-corrected chi connectivity index (χ2v) is 3.90. The molecule has 0 aromatic carbocycles. The lowest BCUT2D eigenvalue weighted by Gasteiger charge is -2.33. The summed E-state index contributed by atoms with van der Waals surface area (Å²) in [7, 11) is 2.15. The zero-order chi connectivity index (χ0) is 11.3. The first-order chi connectivity index (χ1) is 7.13. The Kier molecular flexibility index (Phi) is 4.49. The third-order valence-electron chi connectivity index (χ3n) is 2.65. The first kappa shape index (κ1) is 11.9. The van der Waals surface area contributed by atoms with Crippen LogP contribution in [0.25, 0.3) is 0 Å². The highest BCUT2D eigenvalue weighted by atomic mass is 15.3. The van der Waals surface area contributed by atoms with Crippen LogP contribution in [-0.2, 0) is 0 Å². The van der Waals surface area contributed by atoms with Crippen molar-refractivity contribution in [1.82, 2.24) is 9.80 Å². The van der Waals surface area contributed by atoms with Crippen LogP contribution in [-0.4, -0.2) is 55.6 Å². The number of hydrogen-bond acceptors (Lipinski definition) is 3. The molecule has 1 aliphatic rings. The summed E-state index contributed by atoms with van der Waals surface area (Å²) in [5.41, 5.74) is 0.850. The van der Waals surface area contributed by atoms with Gasteiger partial charge in [0.1, 0.15) is 5.84 Å². The van der Waals surface area contributed by atoms with Gasteiger partial charge in [0.25, 0.3) is 0 Å². The summed E-state index contributed by atoms with van der Waals surface area (Å²) in [4.78, 5) is 12.8. The molecule has 1 heterocycles. The van der Waals surface area contributed by atoms with E-state index in [1.54, 1.807) is 6.20 Å². The van der Waals surface area contributed by atoms with Crippen LogP contribution in [0.2, 0.25) is 0 Å². The predicted molar refractivity (Wildman–Crippen MR) is 65.5 cm³/mol. The largest absolute Gasteiger partial charge is 0.358 e. The standard InChI is InChI=1S/C11H20N4/c1-10(12-3)9-13-11(2)15-7-5-14(4)6-8-15/h9H,3,5-8H2,1-2,4H3/b10-9-,13-11?. The van der Waals surface area contributed by atoms with Crippen LogP contribution in [0.3, 0.4) is 0 Å². The molecule has 0 atom stereocenters. The Morgan fingerprint density at radius 3 is 2.33 bits per heavy atom. The lowest BCUT2D eigenvalue weighted by molar-refractivity contribution is 0.215. The highest BCUT2D eigenvalue weighted by molar-refractivity contribution is 5.80. The molecule has 15 heavy (non-hydrogen) atoms. The SMILES string of the molecule is C=N/C(C)=C\N=C(C)N1CCN(C)CC1. The molecule has 4 heteroatoms. The molecule has 0 unspecified atom stereocenters. The Morgan fingerprint density at radius 2 is 1.80 bits per heavy atom. The number of piperazine rings is 1. The average Bonchev–Trinajstić information content (AvgIpc) is 2.26. The van der Waals surface area contributed by atoms with Crippen molar-refractivity contribution in [3.8, 4) is 0 Å². The smallest absolute Gasteiger partial charge is 0.101 e. The first-order valence-corrected chi connectivity index (χ1v) is 5.25. The molecule has 0 aromatic heterocycles. The van der Waals surface area contributed by atoms with E-state index in [1.807, 2.05) is 13.8 Å². The van der Waals surface area contributed by atoms with Gasteiger partial charge in [-0.1, -0.05) is 0 Å². The first-order valence-electron chi connectivity index (χ1n) is 5.25. The maximum absolute atomic E-state index is 4.37. The van der Waals surface area contributed by atoms with E-state index < -0.39 is 0 Å². The van der Waals surface area contributed by atoms with Crippen molar-refractivity contribution in [1.29, 1.82) is 0 Å². The van der Waals surface area contributed by atoms with Crippen molar-refractivity contribution in [2.45, 2.75) is 13.8 Å². The molecular formula is C11H20N4. The Balaban J connectivity index is 2.53. The topological polar surface area (TPSA) is 31.2 Å². The molecule has 0 radical (unpaired) electrons. The van der Waals surface area contributed by atoms with E-state index in [4.69, 9.17) is 0 Å². The molecule has 0 N–H and O–H groups in total. The fourth-order valence-electron chi connectivity index (χ4n) is 1.44. The van der Waals surface area contributed by atoms with E-state index in [1.165, 1.54) is 0 Å². The quantitative estimate of drug-likeness (QED) is 0.504. The van der Waals surface area contributed by atoms with Gasteiger partial charge in [0.15, 0.2) is 0 Å². The highest BCUT2D eigenvalue weighted by Crippen LogP contribution is 2.02. The summed E-state index contributed by atoms with van der Waals surface area (Å²) in [5.74, 6) is 1.06. The summed E-state index contributed by atoms with van der Waals surface area (Å²) in [6.07, 6.45) is 1.76. The summed E-state index contributed by atoms with van der Waals surface area (Å²) in [5, 5.41) is 0. The summed E-state index contributed by atoms with van der Waals surface area (Å²) in [6.45, 7) is 11.7. The minimum absolute atomic E-state index is 0.850. The summed E-state index contributed by atoms with van der Waals surface area (Å²) >= 11 is 0. The number of hydrogen-bond donors (Lipinski definition) is 0. The van der Waals surface area contributed by atoms with Crippen LogP contribution in [0.4, 0.5) is 0 Å². The van der Waals surface area contributed by atoms with Crippen LogP contribution < -0.4 is 0 Å². The Bertz CT molecular complexity index is 272. The van der Waals surface area contributed by atoms with Gasteiger partial charge >= 0.3 is 0 Å². The molecule has 1 aliphatic heterocycles. The van der Waals surface area contributed by atoms with Crippen LogP contribution in [0.1, 0.15) is 13.8 Å². The minimum atomic E-state index is 0.850. The molecule has 0 aliphatic carbocycles. The Morgan fingerprint density at radius 1 is 1.20 bits per heavy atom. The van der Waals surface area contributed by atoms with E-state index in [9.17, 15) is 0 Å². The van der Waals surface area contributed by atoms with Crippen molar-refractivity contribution in [3.63, 3.8) is 0 Å². The molecular weight excluding hydrogens is 188 g/mol. The Hall–Kier alpha value is -1.16. The molecule has 0 bridgehead atoms. The number of rotatable bonds is 2. The lowest BCUT2D eigenvalue weighted by Crippen LogP contribution is -2.46. The molecule has 0 aromatic rings. The summed E-state index contributed by atoms with van der Waals surface area (Å²) in [6, 6.07) is 0. The van der Waals surface area contributed by atoms with Gasteiger partial charge in [-0.3, -0.25) is 4.99 Å². The van der Waals surface area contributed by atoms with Crippen molar-refractivity contribution in [2.24, 2.45) is 9.98 Å². The van der Waals surface area contributed by atoms with Gasteiger partial charge in [0.2, 0.25) is 0 Å². The van der Waals surface area contributed by atoms with Gasteiger partial charge < -0.3 is 9.80 Å². The third kappa shape index (κ3) is 3.83. The van der Waals surface area contributed by atoms with Crippen molar-refractivity contribution < 1.29 is 0 Å². The minimum Gasteiger partial charge on any atom is -0.358 e. The highest BCUT2D eigenvalue weighted by Gasteiger charge is 2.13. The van der Waals surface area contributed by atoms with Crippen LogP contribution in [0, 0.1) is 0 Å². The lowest BCUT2D eigenvalue weighted by atomic mass is 10.3. The molecule has 1 saturated heterocycles. The van der Waals surface area contributed by atoms with Gasteiger partial charge in [0, 0.05) is 26.2 Å². The van der Waals surface area contributed by atoms with Crippen molar-refractivity contribution >= 4 is 12.6 Å².